The molecular weight excluding hydrogens is 298 g/mol. The molecule has 0 aliphatic rings. The van der Waals surface area contributed by atoms with E-state index in [9.17, 15) is 4.79 Å². The SMILES string of the molecule is CC(=O)NCCNCc1cc2nc(-c3ccco3)nn2c(N)n1. The molecule has 0 saturated carbocycles. The van der Waals surface area contributed by atoms with Crippen LogP contribution in [0.3, 0.4) is 0 Å². The van der Waals surface area contributed by atoms with E-state index in [2.05, 4.69) is 25.7 Å². The maximum absolute atomic E-state index is 10.8. The highest BCUT2D eigenvalue weighted by Gasteiger charge is 2.12. The third kappa shape index (κ3) is 3.46. The zero-order valence-electron chi connectivity index (χ0n) is 12.6. The van der Waals surface area contributed by atoms with Crippen LogP contribution in [-0.2, 0) is 11.3 Å². The molecule has 3 rings (SSSR count). The lowest BCUT2D eigenvalue weighted by Gasteiger charge is -2.06. The fraction of sp³-hybridized carbons (Fsp3) is 0.286. The molecule has 0 spiro atoms. The number of hydrogen-bond donors (Lipinski definition) is 3. The van der Waals surface area contributed by atoms with Gasteiger partial charge in [0.1, 0.15) is 0 Å². The van der Waals surface area contributed by atoms with E-state index in [0.717, 1.165) is 5.69 Å². The van der Waals surface area contributed by atoms with Crippen molar-refractivity contribution in [2.75, 3.05) is 18.8 Å². The molecule has 120 valence electrons. The molecule has 9 nitrogen and oxygen atoms in total. The van der Waals surface area contributed by atoms with Gasteiger partial charge in [-0.15, -0.1) is 5.10 Å². The van der Waals surface area contributed by atoms with Crippen LogP contribution in [0.4, 0.5) is 5.95 Å². The number of carbonyl (C=O) groups excluding carboxylic acids is 1. The Morgan fingerprint density at radius 2 is 2.26 bits per heavy atom. The van der Waals surface area contributed by atoms with Crippen molar-refractivity contribution >= 4 is 17.5 Å². The number of nitrogens with two attached hydrogens (primary N) is 1. The molecule has 3 aromatic heterocycles. The molecule has 23 heavy (non-hydrogen) atoms. The summed E-state index contributed by atoms with van der Waals surface area (Å²) in [5, 5.41) is 10.2. The van der Waals surface area contributed by atoms with Crippen molar-refractivity contribution in [3.63, 3.8) is 0 Å². The molecule has 0 fully saturated rings. The normalized spacial score (nSPS) is 11.0. The number of aromatic nitrogens is 4. The van der Waals surface area contributed by atoms with Crippen LogP contribution in [0, 0.1) is 0 Å². The van der Waals surface area contributed by atoms with Crippen LogP contribution >= 0.6 is 0 Å². The molecule has 0 unspecified atom stereocenters. The molecule has 0 atom stereocenters. The van der Waals surface area contributed by atoms with Gasteiger partial charge in [-0.05, 0) is 12.1 Å². The number of nitrogens with one attached hydrogen (secondary N) is 2. The molecule has 0 aromatic carbocycles. The summed E-state index contributed by atoms with van der Waals surface area (Å²) in [5.41, 5.74) is 7.27. The number of hydrogen-bond acceptors (Lipinski definition) is 7. The summed E-state index contributed by atoms with van der Waals surface area (Å²) in [4.78, 5) is 19.5. The molecule has 0 radical (unpaired) electrons. The summed E-state index contributed by atoms with van der Waals surface area (Å²) >= 11 is 0. The lowest BCUT2D eigenvalue weighted by atomic mass is 10.4. The summed E-state index contributed by atoms with van der Waals surface area (Å²) in [6.45, 7) is 3.19. The van der Waals surface area contributed by atoms with Gasteiger partial charge >= 0.3 is 0 Å². The minimum atomic E-state index is -0.0514. The van der Waals surface area contributed by atoms with Gasteiger partial charge in [0.15, 0.2) is 11.4 Å². The third-order valence-electron chi connectivity index (χ3n) is 3.13. The Balaban J connectivity index is 1.71. The molecule has 3 aromatic rings. The molecule has 9 heteroatoms. The first-order chi connectivity index (χ1) is 11.1. The lowest BCUT2D eigenvalue weighted by molar-refractivity contribution is -0.118. The Kier molecular flexibility index (Phi) is 4.20. The van der Waals surface area contributed by atoms with Gasteiger partial charge in [-0.25, -0.2) is 9.97 Å². The van der Waals surface area contributed by atoms with Gasteiger partial charge in [-0.2, -0.15) is 4.52 Å². The van der Waals surface area contributed by atoms with Crippen LogP contribution in [0.25, 0.3) is 17.2 Å². The first kappa shape index (κ1) is 15.0. The number of carbonyl (C=O) groups is 1. The number of amides is 1. The van der Waals surface area contributed by atoms with Crippen molar-refractivity contribution in [1.29, 1.82) is 0 Å². The highest BCUT2D eigenvalue weighted by atomic mass is 16.3. The largest absolute Gasteiger partial charge is 0.461 e. The number of fused-ring (bicyclic) bond motifs is 1. The molecule has 0 aliphatic heterocycles. The summed E-state index contributed by atoms with van der Waals surface area (Å²) < 4.78 is 6.75. The molecule has 0 bridgehead atoms. The van der Waals surface area contributed by atoms with E-state index in [1.165, 1.54) is 11.4 Å². The second-order valence-electron chi connectivity index (χ2n) is 4.95. The molecule has 0 saturated heterocycles. The molecule has 4 N–H and O–H groups in total. The van der Waals surface area contributed by atoms with Gasteiger partial charge in [0, 0.05) is 32.6 Å². The maximum Gasteiger partial charge on any atom is 0.223 e. The number of furan rings is 1. The molecular formula is C14H17N7O2. The highest BCUT2D eigenvalue weighted by molar-refractivity contribution is 5.72. The number of rotatable bonds is 6. The van der Waals surface area contributed by atoms with Crippen LogP contribution in [0.1, 0.15) is 12.6 Å². The third-order valence-corrected chi connectivity index (χ3v) is 3.13. The number of nitrogen functional groups attached to an aromatic ring is 1. The van der Waals surface area contributed by atoms with Crippen molar-refractivity contribution in [3.8, 4) is 11.6 Å². The second kappa shape index (κ2) is 6.44. The Morgan fingerprint density at radius 3 is 3.00 bits per heavy atom. The van der Waals surface area contributed by atoms with Crippen LogP contribution < -0.4 is 16.4 Å². The number of nitrogens with zero attached hydrogens (tertiary/aromatic N) is 4. The van der Waals surface area contributed by atoms with E-state index in [1.807, 2.05) is 0 Å². The monoisotopic (exact) mass is 315 g/mol. The van der Waals surface area contributed by atoms with Gasteiger partial charge in [-0.1, -0.05) is 0 Å². The predicted octanol–water partition coefficient (Wildman–Crippen LogP) is 0.192. The Morgan fingerprint density at radius 1 is 1.39 bits per heavy atom. The van der Waals surface area contributed by atoms with Gasteiger partial charge < -0.3 is 20.8 Å². The fourth-order valence-electron chi connectivity index (χ4n) is 2.11. The summed E-state index contributed by atoms with van der Waals surface area (Å²) in [6, 6.07) is 5.36. The van der Waals surface area contributed by atoms with Crippen LogP contribution in [0.5, 0.6) is 0 Å². The van der Waals surface area contributed by atoms with Gasteiger partial charge in [0.25, 0.3) is 0 Å². The summed E-state index contributed by atoms with van der Waals surface area (Å²) in [6.07, 6.45) is 1.56. The van der Waals surface area contributed by atoms with Crippen molar-refractivity contribution < 1.29 is 9.21 Å². The van der Waals surface area contributed by atoms with Crippen molar-refractivity contribution in [1.82, 2.24) is 30.2 Å². The molecule has 3 heterocycles. The topological polar surface area (TPSA) is 123 Å². The Bertz CT molecular complexity index is 810. The van der Waals surface area contributed by atoms with Gasteiger partial charge in [0.2, 0.25) is 17.7 Å². The van der Waals surface area contributed by atoms with E-state index < -0.39 is 0 Å². The minimum Gasteiger partial charge on any atom is -0.461 e. The first-order valence-corrected chi connectivity index (χ1v) is 7.14. The molecule has 0 aliphatic carbocycles. The summed E-state index contributed by atoms with van der Waals surface area (Å²) in [7, 11) is 0. The zero-order chi connectivity index (χ0) is 16.2. The van der Waals surface area contributed by atoms with E-state index >= 15 is 0 Å². The first-order valence-electron chi connectivity index (χ1n) is 7.14. The predicted molar refractivity (Wildman–Crippen MR) is 83.3 cm³/mol. The van der Waals surface area contributed by atoms with Crippen LogP contribution in [0.2, 0.25) is 0 Å². The molecule has 1 amide bonds. The van der Waals surface area contributed by atoms with E-state index in [-0.39, 0.29) is 11.9 Å². The standard InChI is InChI=1S/C14H17N7O2/c1-9(22)17-5-4-16-8-10-7-12-19-13(11-3-2-6-23-11)20-21(12)14(15)18-10/h2-3,6-7,16H,4-5,8H2,1H3,(H2,15,18)(H,17,22). The maximum atomic E-state index is 10.8. The number of anilines is 1. The Labute approximate surface area is 131 Å². The average molecular weight is 315 g/mol. The Hall–Kier alpha value is -2.94. The van der Waals surface area contributed by atoms with E-state index in [4.69, 9.17) is 10.2 Å². The smallest absolute Gasteiger partial charge is 0.223 e. The van der Waals surface area contributed by atoms with Crippen molar-refractivity contribution in [2.45, 2.75) is 13.5 Å². The quantitative estimate of drug-likeness (QED) is 0.555. The van der Waals surface area contributed by atoms with Crippen molar-refractivity contribution in [3.05, 3.63) is 30.2 Å². The summed E-state index contributed by atoms with van der Waals surface area (Å²) in [5.74, 6) is 1.23. The van der Waals surface area contributed by atoms with Crippen LogP contribution in [0.15, 0.2) is 28.9 Å². The fourth-order valence-corrected chi connectivity index (χ4v) is 2.11. The minimum absolute atomic E-state index is 0.0514. The zero-order valence-corrected chi connectivity index (χ0v) is 12.6. The lowest BCUT2D eigenvalue weighted by Crippen LogP contribution is -2.30. The second-order valence-corrected chi connectivity index (χ2v) is 4.95. The van der Waals surface area contributed by atoms with Gasteiger partial charge in [0.05, 0.1) is 12.0 Å². The van der Waals surface area contributed by atoms with Crippen LogP contribution in [-0.4, -0.2) is 38.6 Å². The van der Waals surface area contributed by atoms with Crippen molar-refractivity contribution in [2.24, 2.45) is 0 Å². The van der Waals surface area contributed by atoms with E-state index in [0.29, 0.717) is 36.9 Å². The highest BCUT2D eigenvalue weighted by Crippen LogP contribution is 2.18. The van der Waals surface area contributed by atoms with E-state index in [1.54, 1.807) is 24.5 Å². The van der Waals surface area contributed by atoms with Gasteiger partial charge in [-0.3, -0.25) is 4.79 Å². The average Bonchev–Trinajstić information content (AvgIpc) is 3.15.